The lowest BCUT2D eigenvalue weighted by Crippen LogP contribution is -2.54. The van der Waals surface area contributed by atoms with Crippen molar-refractivity contribution in [2.24, 2.45) is 5.92 Å². The molecule has 1 aromatic heterocycles. The Morgan fingerprint density at radius 3 is 2.48 bits per heavy atom. The summed E-state index contributed by atoms with van der Waals surface area (Å²) in [5, 5.41) is 5.74. The summed E-state index contributed by atoms with van der Waals surface area (Å²) in [5.74, 6) is -2.75. The van der Waals surface area contributed by atoms with E-state index in [4.69, 9.17) is 0 Å². The molecule has 2 heterocycles. The van der Waals surface area contributed by atoms with Gasteiger partial charge in [0, 0.05) is 29.6 Å². The fourth-order valence-corrected chi connectivity index (χ4v) is 4.11. The maximum atomic E-state index is 12.9. The minimum atomic E-state index is -4.51. The molecule has 3 atom stereocenters. The quantitative estimate of drug-likeness (QED) is 0.539. The number of hydrogen-bond donors (Lipinski definition) is 3. The third-order valence-electron chi connectivity index (χ3n) is 5.77. The first-order valence-electron chi connectivity index (χ1n) is 10.1. The molecule has 5 nitrogen and oxygen atoms in total. The highest BCUT2D eigenvalue weighted by molar-refractivity contribution is 6.01. The number of carbonyl (C=O) groups excluding carboxylic acids is 2. The lowest BCUT2D eigenvalue weighted by Gasteiger charge is -2.30. The predicted molar refractivity (Wildman–Crippen MR) is 110 cm³/mol. The average Bonchev–Trinajstić information content (AvgIpc) is 3.18. The van der Waals surface area contributed by atoms with E-state index in [2.05, 4.69) is 10.3 Å². The summed E-state index contributed by atoms with van der Waals surface area (Å²) in [6.45, 7) is 0.219. The topological polar surface area (TPSA) is 74.0 Å². The fraction of sp³-hybridized carbons (Fsp3) is 0.304. The van der Waals surface area contributed by atoms with E-state index < -0.39 is 30.0 Å². The van der Waals surface area contributed by atoms with Crippen LogP contribution in [-0.2, 0) is 9.59 Å². The van der Waals surface area contributed by atoms with Crippen LogP contribution in [0.3, 0.4) is 0 Å². The third kappa shape index (κ3) is 4.42. The van der Waals surface area contributed by atoms with Gasteiger partial charge in [0.25, 0.3) is 0 Å². The van der Waals surface area contributed by atoms with E-state index in [0.29, 0.717) is 0 Å². The number of para-hydroxylation sites is 1. The summed E-state index contributed by atoms with van der Waals surface area (Å²) in [4.78, 5) is 28.0. The van der Waals surface area contributed by atoms with Gasteiger partial charge in [0.15, 0.2) is 0 Å². The van der Waals surface area contributed by atoms with Crippen molar-refractivity contribution in [2.75, 3.05) is 6.54 Å². The van der Waals surface area contributed by atoms with Crippen LogP contribution >= 0.6 is 0 Å². The summed E-state index contributed by atoms with van der Waals surface area (Å²) in [6.07, 6.45) is -3.05. The molecule has 2 amide bonds. The Kier molecular flexibility index (Phi) is 5.71. The zero-order valence-corrected chi connectivity index (χ0v) is 16.6. The minimum Gasteiger partial charge on any atom is -0.361 e. The number of rotatable bonds is 5. The largest absolute Gasteiger partial charge is 0.408 e. The van der Waals surface area contributed by atoms with Gasteiger partial charge in [-0.05, 0) is 30.0 Å². The van der Waals surface area contributed by atoms with Crippen LogP contribution in [-0.4, -0.2) is 35.6 Å². The maximum absolute atomic E-state index is 12.9. The van der Waals surface area contributed by atoms with E-state index in [1.54, 1.807) is 0 Å². The Labute approximate surface area is 177 Å². The number of aromatic nitrogens is 1. The van der Waals surface area contributed by atoms with E-state index in [9.17, 15) is 22.8 Å². The molecular formula is C23H22F3N3O2. The highest BCUT2D eigenvalue weighted by Gasteiger charge is 2.45. The van der Waals surface area contributed by atoms with Crippen molar-refractivity contribution in [2.45, 2.75) is 31.0 Å². The molecule has 0 bridgehead atoms. The van der Waals surface area contributed by atoms with Crippen LogP contribution in [0.5, 0.6) is 0 Å². The molecule has 0 spiro atoms. The number of fused-ring (bicyclic) bond motifs is 1. The van der Waals surface area contributed by atoms with E-state index in [1.807, 2.05) is 66.1 Å². The molecule has 162 valence electrons. The van der Waals surface area contributed by atoms with Crippen LogP contribution in [0.1, 0.15) is 29.9 Å². The molecule has 0 saturated carbocycles. The van der Waals surface area contributed by atoms with Crippen LogP contribution in [0.4, 0.5) is 13.2 Å². The number of amides is 2. The molecule has 0 aliphatic carbocycles. The second-order valence-electron chi connectivity index (χ2n) is 7.73. The smallest absolute Gasteiger partial charge is 0.361 e. The number of alkyl halides is 3. The Morgan fingerprint density at radius 1 is 1.06 bits per heavy atom. The number of benzene rings is 2. The third-order valence-corrected chi connectivity index (χ3v) is 5.77. The van der Waals surface area contributed by atoms with Crippen molar-refractivity contribution in [3.63, 3.8) is 0 Å². The summed E-state index contributed by atoms with van der Waals surface area (Å²) in [5.41, 5.74) is 2.94. The molecule has 1 fully saturated rings. The Morgan fingerprint density at radius 2 is 1.77 bits per heavy atom. The highest BCUT2D eigenvalue weighted by Crippen LogP contribution is 2.31. The summed E-state index contributed by atoms with van der Waals surface area (Å²) in [7, 11) is 0. The van der Waals surface area contributed by atoms with Crippen molar-refractivity contribution in [1.82, 2.24) is 15.6 Å². The van der Waals surface area contributed by atoms with Crippen LogP contribution < -0.4 is 10.6 Å². The predicted octanol–water partition coefficient (Wildman–Crippen LogP) is 3.87. The number of hydrogen-bond acceptors (Lipinski definition) is 2. The molecular weight excluding hydrogens is 407 g/mol. The Bertz CT molecular complexity index is 1080. The van der Waals surface area contributed by atoms with E-state index in [-0.39, 0.29) is 25.3 Å². The molecule has 2 aromatic carbocycles. The number of piperidine rings is 1. The normalized spacial score (nSPS) is 20.3. The minimum absolute atomic E-state index is 0.134. The monoisotopic (exact) mass is 429 g/mol. The number of aromatic amines is 1. The number of H-pyrrole nitrogens is 1. The van der Waals surface area contributed by atoms with Gasteiger partial charge in [-0.25, -0.2) is 0 Å². The van der Waals surface area contributed by atoms with Crippen LogP contribution in [0.15, 0.2) is 60.8 Å². The summed E-state index contributed by atoms with van der Waals surface area (Å²) >= 11 is 0. The number of carbonyl (C=O) groups is 2. The van der Waals surface area contributed by atoms with Crippen LogP contribution in [0.25, 0.3) is 10.9 Å². The second-order valence-corrected chi connectivity index (χ2v) is 7.73. The van der Waals surface area contributed by atoms with Gasteiger partial charge < -0.3 is 15.6 Å². The molecule has 3 aromatic rings. The van der Waals surface area contributed by atoms with Gasteiger partial charge in [-0.15, -0.1) is 0 Å². The van der Waals surface area contributed by atoms with Gasteiger partial charge in [0.05, 0.1) is 0 Å². The van der Waals surface area contributed by atoms with Gasteiger partial charge in [0.1, 0.15) is 12.0 Å². The van der Waals surface area contributed by atoms with Crippen LogP contribution in [0.2, 0.25) is 0 Å². The standard InChI is InChI=1S/C23H22F3N3O2/c24-23(25,26)20-11-10-16(22(31)29-20)21(30)28-12-17(14-6-2-1-3-7-14)18-13-27-19-9-5-4-8-15(18)19/h1-9,13,16-17,20,27H,10-12H2,(H,28,30)(H,29,31)/t16-,17-,20-/m1/s1. The SMILES string of the molecule is O=C(NC[C@H](c1ccccc1)c1c[nH]c2ccccc12)[C@H]1CC[C@H](C(F)(F)F)NC1=O. The molecule has 1 aliphatic rings. The first kappa shape index (κ1) is 21.0. The molecule has 0 unspecified atom stereocenters. The molecule has 31 heavy (non-hydrogen) atoms. The van der Waals surface area contributed by atoms with Gasteiger partial charge in [0.2, 0.25) is 11.8 Å². The van der Waals surface area contributed by atoms with Crippen molar-refractivity contribution in [3.05, 3.63) is 71.9 Å². The zero-order valence-electron chi connectivity index (χ0n) is 16.6. The molecule has 3 N–H and O–H groups in total. The van der Waals surface area contributed by atoms with Gasteiger partial charge >= 0.3 is 6.18 Å². The first-order valence-corrected chi connectivity index (χ1v) is 10.1. The van der Waals surface area contributed by atoms with E-state index in [0.717, 1.165) is 22.0 Å². The van der Waals surface area contributed by atoms with E-state index >= 15 is 0 Å². The Hall–Kier alpha value is -3.29. The number of nitrogens with one attached hydrogen (secondary N) is 3. The lowest BCUT2D eigenvalue weighted by molar-refractivity contribution is -0.171. The van der Waals surface area contributed by atoms with Gasteiger partial charge in [-0.2, -0.15) is 13.2 Å². The molecule has 0 radical (unpaired) electrons. The van der Waals surface area contributed by atoms with Crippen molar-refractivity contribution >= 4 is 22.7 Å². The number of halogens is 3. The van der Waals surface area contributed by atoms with Crippen molar-refractivity contribution in [3.8, 4) is 0 Å². The van der Waals surface area contributed by atoms with Gasteiger partial charge in [-0.1, -0.05) is 48.5 Å². The Balaban J connectivity index is 1.51. The fourth-order valence-electron chi connectivity index (χ4n) is 4.11. The zero-order chi connectivity index (χ0) is 22.0. The molecule has 4 rings (SSSR count). The van der Waals surface area contributed by atoms with Crippen LogP contribution in [0, 0.1) is 5.92 Å². The summed E-state index contributed by atoms with van der Waals surface area (Å²) < 4.78 is 38.6. The molecule has 1 saturated heterocycles. The first-order chi connectivity index (χ1) is 14.8. The highest BCUT2D eigenvalue weighted by atomic mass is 19.4. The van der Waals surface area contributed by atoms with Gasteiger partial charge in [-0.3, -0.25) is 9.59 Å². The van der Waals surface area contributed by atoms with Crippen molar-refractivity contribution < 1.29 is 22.8 Å². The molecule has 8 heteroatoms. The van der Waals surface area contributed by atoms with E-state index in [1.165, 1.54) is 0 Å². The van der Waals surface area contributed by atoms with Crippen molar-refractivity contribution in [1.29, 1.82) is 0 Å². The molecule has 1 aliphatic heterocycles. The lowest BCUT2D eigenvalue weighted by atomic mass is 9.89. The summed E-state index contributed by atoms with van der Waals surface area (Å²) in [6, 6.07) is 15.6. The average molecular weight is 429 g/mol. The second kappa shape index (κ2) is 8.45. The maximum Gasteiger partial charge on any atom is 0.408 e.